The Kier molecular flexibility index (Phi) is 5.33. The Bertz CT molecular complexity index is 941. The smallest absolute Gasteiger partial charge is 0.318 e. The highest BCUT2D eigenvalue weighted by atomic mass is 32.2. The summed E-state index contributed by atoms with van der Waals surface area (Å²) < 4.78 is 60.9. The van der Waals surface area contributed by atoms with Gasteiger partial charge >= 0.3 is 18.0 Å². The fraction of sp³-hybridized carbons (Fsp3) is 0.0667. The number of primary sulfonamides is 1. The molecule has 0 saturated carbocycles. The van der Waals surface area contributed by atoms with Gasteiger partial charge in [-0.05, 0) is 36.4 Å². The number of benzene rings is 2. The van der Waals surface area contributed by atoms with Crippen LogP contribution in [0.5, 0.6) is 0 Å². The van der Waals surface area contributed by atoms with Gasteiger partial charge in [0.05, 0.1) is 16.1 Å². The summed E-state index contributed by atoms with van der Waals surface area (Å²) in [7, 11) is -3.92. The second kappa shape index (κ2) is 7.14. The van der Waals surface area contributed by atoms with Crippen molar-refractivity contribution in [3.05, 3.63) is 54.1 Å². The Morgan fingerprint density at radius 3 is 1.96 bits per heavy atom. The van der Waals surface area contributed by atoms with Crippen LogP contribution in [0.25, 0.3) is 0 Å². The first-order valence-corrected chi connectivity index (χ1v) is 8.44. The molecule has 4 N–H and O–H groups in total. The minimum absolute atomic E-state index is 0.0571. The van der Waals surface area contributed by atoms with Crippen LogP contribution in [-0.4, -0.2) is 20.2 Å². The molecule has 0 spiro atoms. The Labute approximate surface area is 146 Å². The molecule has 2 aromatic carbocycles. The number of sulfonamides is 1. The summed E-state index contributed by atoms with van der Waals surface area (Å²) in [5.41, 5.74) is -1.61. The zero-order valence-electron chi connectivity index (χ0n) is 12.9. The van der Waals surface area contributed by atoms with Crippen molar-refractivity contribution in [2.75, 3.05) is 10.6 Å². The van der Waals surface area contributed by atoms with E-state index in [1.165, 1.54) is 18.2 Å². The number of halogens is 3. The fourth-order valence-corrected chi connectivity index (χ4v) is 2.45. The van der Waals surface area contributed by atoms with Gasteiger partial charge in [-0.2, -0.15) is 13.2 Å². The molecular weight excluding hydrogens is 375 g/mol. The van der Waals surface area contributed by atoms with Crippen molar-refractivity contribution >= 4 is 33.2 Å². The van der Waals surface area contributed by atoms with E-state index in [1.807, 2.05) is 5.32 Å². The molecule has 0 atom stereocenters. The molecule has 0 aliphatic rings. The molecule has 2 amide bonds. The number of nitrogens with two attached hydrogens (primary N) is 1. The molecule has 26 heavy (non-hydrogen) atoms. The highest BCUT2D eigenvalue weighted by Crippen LogP contribution is 2.34. The van der Waals surface area contributed by atoms with Gasteiger partial charge in [0.25, 0.3) is 0 Å². The lowest BCUT2D eigenvalue weighted by Crippen LogP contribution is -2.30. The lowest BCUT2D eigenvalue weighted by atomic mass is 10.1. The first-order chi connectivity index (χ1) is 12.0. The van der Waals surface area contributed by atoms with E-state index in [0.717, 1.165) is 30.3 Å². The molecule has 138 valence electrons. The van der Waals surface area contributed by atoms with Crippen LogP contribution in [0.2, 0.25) is 0 Å². The van der Waals surface area contributed by atoms with Crippen LogP contribution < -0.4 is 15.8 Å². The molecule has 0 saturated heterocycles. The molecule has 11 heteroatoms. The minimum Gasteiger partial charge on any atom is -0.318 e. The molecule has 0 bridgehead atoms. The van der Waals surface area contributed by atoms with Gasteiger partial charge in [0.2, 0.25) is 10.0 Å². The lowest BCUT2D eigenvalue weighted by Gasteiger charge is -2.13. The zero-order chi connectivity index (χ0) is 19.5. The molecule has 0 fully saturated rings. The van der Waals surface area contributed by atoms with Crippen LogP contribution in [0, 0.1) is 0 Å². The largest absolute Gasteiger partial charge is 0.418 e. The number of alkyl halides is 3. The molecule has 2 rings (SSSR count). The average Bonchev–Trinajstić information content (AvgIpc) is 2.54. The third kappa shape index (κ3) is 4.80. The van der Waals surface area contributed by atoms with E-state index in [0.29, 0.717) is 0 Å². The maximum atomic E-state index is 12.9. The van der Waals surface area contributed by atoms with Gasteiger partial charge in [-0.1, -0.05) is 12.1 Å². The zero-order valence-corrected chi connectivity index (χ0v) is 13.7. The number of anilines is 2. The van der Waals surface area contributed by atoms with Crippen molar-refractivity contribution in [3.63, 3.8) is 0 Å². The summed E-state index contributed by atoms with van der Waals surface area (Å²) in [6.07, 6.45) is -4.70. The molecule has 0 aliphatic carbocycles. The number of nitrogens with one attached hydrogen (secondary N) is 2. The van der Waals surface area contributed by atoms with E-state index in [1.54, 1.807) is 0 Å². The van der Waals surface area contributed by atoms with Gasteiger partial charge in [0.1, 0.15) is 0 Å². The van der Waals surface area contributed by atoms with Gasteiger partial charge in [-0.25, -0.2) is 13.6 Å². The van der Waals surface area contributed by atoms with Gasteiger partial charge < -0.3 is 10.6 Å². The van der Waals surface area contributed by atoms with Crippen LogP contribution in [0.1, 0.15) is 5.56 Å². The monoisotopic (exact) mass is 387 g/mol. The summed E-state index contributed by atoms with van der Waals surface area (Å²) in [4.78, 5) is 23.4. The molecule has 7 nitrogen and oxygen atoms in total. The summed E-state index contributed by atoms with van der Waals surface area (Å²) >= 11 is 0. The number of hydrogen-bond donors (Lipinski definition) is 3. The second-order valence-electron chi connectivity index (χ2n) is 5.02. The third-order valence-corrected chi connectivity index (χ3v) is 4.06. The number of rotatable bonds is 3. The standard InChI is InChI=1S/C15H12F3N3O4S/c16-15(17,18)11-3-1-2-4-12(11)21-14(23)13(22)20-9-5-7-10(8-6-9)26(19,24)25/h1-8H,(H,20,22)(H,21,23)(H2,19,24,25). The van der Waals surface area contributed by atoms with Gasteiger partial charge in [0.15, 0.2) is 0 Å². The number of carbonyl (C=O) groups excluding carboxylic acids is 2. The van der Waals surface area contributed by atoms with Crippen LogP contribution >= 0.6 is 0 Å². The predicted molar refractivity (Wildman–Crippen MR) is 86.5 cm³/mol. The van der Waals surface area contributed by atoms with Crippen molar-refractivity contribution in [2.45, 2.75) is 11.1 Å². The number of carbonyl (C=O) groups is 2. The molecule has 2 aromatic rings. The molecule has 0 heterocycles. The van der Waals surface area contributed by atoms with Gasteiger partial charge in [-0.15, -0.1) is 0 Å². The van der Waals surface area contributed by atoms with E-state index >= 15 is 0 Å². The third-order valence-electron chi connectivity index (χ3n) is 3.13. The first-order valence-electron chi connectivity index (χ1n) is 6.90. The van der Waals surface area contributed by atoms with E-state index in [2.05, 4.69) is 5.32 Å². The number of amides is 2. The summed E-state index contributed by atoms with van der Waals surface area (Å²) in [5, 5.41) is 8.94. The van der Waals surface area contributed by atoms with E-state index in [-0.39, 0.29) is 10.6 Å². The van der Waals surface area contributed by atoms with Crippen LogP contribution in [0.4, 0.5) is 24.5 Å². The average molecular weight is 387 g/mol. The van der Waals surface area contributed by atoms with Gasteiger partial charge in [-0.3, -0.25) is 9.59 Å². The van der Waals surface area contributed by atoms with E-state index in [9.17, 15) is 31.2 Å². The van der Waals surface area contributed by atoms with Crippen molar-refractivity contribution < 1.29 is 31.2 Å². The van der Waals surface area contributed by atoms with Crippen LogP contribution in [0.15, 0.2) is 53.4 Å². The highest BCUT2D eigenvalue weighted by molar-refractivity contribution is 7.89. The lowest BCUT2D eigenvalue weighted by molar-refractivity contribution is -0.137. The van der Waals surface area contributed by atoms with Crippen LogP contribution in [0.3, 0.4) is 0 Å². The van der Waals surface area contributed by atoms with Crippen molar-refractivity contribution in [1.82, 2.24) is 0 Å². The Morgan fingerprint density at radius 1 is 0.885 bits per heavy atom. The topological polar surface area (TPSA) is 118 Å². The normalized spacial score (nSPS) is 11.7. The van der Waals surface area contributed by atoms with Crippen molar-refractivity contribution in [1.29, 1.82) is 0 Å². The SMILES string of the molecule is NS(=O)(=O)c1ccc(NC(=O)C(=O)Nc2ccccc2C(F)(F)F)cc1. The summed E-state index contributed by atoms with van der Waals surface area (Å²) in [6, 6.07) is 8.74. The Morgan fingerprint density at radius 2 is 1.42 bits per heavy atom. The molecule has 0 aromatic heterocycles. The molecule has 0 radical (unpaired) electrons. The summed E-state index contributed by atoms with van der Waals surface area (Å²) in [6.45, 7) is 0. The van der Waals surface area contributed by atoms with E-state index in [4.69, 9.17) is 5.14 Å². The molecule has 0 unspecified atom stereocenters. The van der Waals surface area contributed by atoms with Crippen molar-refractivity contribution in [2.24, 2.45) is 5.14 Å². The second-order valence-corrected chi connectivity index (χ2v) is 6.58. The Balaban J connectivity index is 2.11. The van der Waals surface area contributed by atoms with E-state index < -0.39 is 39.3 Å². The predicted octanol–water partition coefficient (Wildman–Crippen LogP) is 1.93. The Hall–Kier alpha value is -2.92. The number of hydrogen-bond acceptors (Lipinski definition) is 4. The minimum atomic E-state index is -4.70. The number of para-hydroxylation sites is 1. The quantitative estimate of drug-likeness (QED) is 0.698. The molecular formula is C15H12F3N3O4S. The van der Waals surface area contributed by atoms with Gasteiger partial charge in [0, 0.05) is 5.69 Å². The molecule has 0 aliphatic heterocycles. The van der Waals surface area contributed by atoms with Crippen molar-refractivity contribution in [3.8, 4) is 0 Å². The maximum absolute atomic E-state index is 12.9. The fourth-order valence-electron chi connectivity index (χ4n) is 1.93. The van der Waals surface area contributed by atoms with Crippen LogP contribution in [-0.2, 0) is 25.8 Å². The summed E-state index contributed by atoms with van der Waals surface area (Å²) in [5.74, 6) is -2.55. The maximum Gasteiger partial charge on any atom is 0.418 e. The first kappa shape index (κ1) is 19.4. The highest BCUT2D eigenvalue weighted by Gasteiger charge is 2.34.